The van der Waals surface area contributed by atoms with Crippen LogP contribution in [0.4, 0.5) is 0 Å². The number of nitriles is 1. The second kappa shape index (κ2) is 4.29. The van der Waals surface area contributed by atoms with Gasteiger partial charge in [0.15, 0.2) is 11.0 Å². The Balaban J connectivity index is 2.60. The van der Waals surface area contributed by atoms with E-state index in [1.54, 1.807) is 18.3 Å². The van der Waals surface area contributed by atoms with Gasteiger partial charge >= 0.3 is 0 Å². The van der Waals surface area contributed by atoms with Crippen molar-refractivity contribution in [1.82, 2.24) is 20.0 Å². The molecule has 6 heteroatoms. The van der Waals surface area contributed by atoms with Crippen LogP contribution in [0.15, 0.2) is 18.3 Å². The Morgan fingerprint density at radius 1 is 1.56 bits per heavy atom. The predicted octanol–water partition coefficient (Wildman–Crippen LogP) is 1.75. The molecule has 2 heterocycles. The molecule has 0 bridgehead atoms. The molecule has 0 saturated carbocycles. The Hall–Kier alpha value is -1.93. The van der Waals surface area contributed by atoms with Crippen LogP contribution in [0.2, 0.25) is 5.15 Å². The molecule has 0 spiro atoms. The molecule has 0 fully saturated rings. The Labute approximate surface area is 97.3 Å². The number of rotatable bonds is 2. The minimum absolute atomic E-state index is 0.278. The van der Waals surface area contributed by atoms with Gasteiger partial charge in [-0.15, -0.1) is 5.10 Å². The second-order valence-electron chi connectivity index (χ2n) is 3.07. The van der Waals surface area contributed by atoms with E-state index in [1.165, 1.54) is 4.68 Å². The van der Waals surface area contributed by atoms with Crippen LogP contribution in [0.1, 0.15) is 18.2 Å². The van der Waals surface area contributed by atoms with Crippen LogP contribution in [0, 0.1) is 11.3 Å². The zero-order valence-corrected chi connectivity index (χ0v) is 9.31. The lowest BCUT2D eigenvalue weighted by atomic mass is 10.2. The summed E-state index contributed by atoms with van der Waals surface area (Å²) in [6, 6.07) is 5.50. The van der Waals surface area contributed by atoms with Crippen molar-refractivity contribution in [3.63, 3.8) is 0 Å². The average molecular weight is 234 g/mol. The van der Waals surface area contributed by atoms with E-state index in [9.17, 15) is 0 Å². The van der Waals surface area contributed by atoms with Gasteiger partial charge in [-0.2, -0.15) is 15.5 Å². The van der Waals surface area contributed by atoms with Crippen molar-refractivity contribution < 1.29 is 0 Å². The maximum Gasteiger partial charge on any atom is 0.177 e. The van der Waals surface area contributed by atoms with E-state index in [-0.39, 0.29) is 5.15 Å². The molecule has 0 aliphatic heterocycles. The fourth-order valence-corrected chi connectivity index (χ4v) is 1.63. The lowest BCUT2D eigenvalue weighted by molar-refractivity contribution is 0.792. The molecule has 0 saturated heterocycles. The highest BCUT2D eigenvalue weighted by Gasteiger charge is 2.16. The van der Waals surface area contributed by atoms with Crippen LogP contribution in [-0.2, 0) is 6.42 Å². The molecule has 16 heavy (non-hydrogen) atoms. The SMILES string of the molecule is CCc1nn(-c2cccnn2)c(Cl)c1C#N. The molecule has 2 rings (SSSR count). The summed E-state index contributed by atoms with van der Waals surface area (Å²) in [5.41, 5.74) is 1.06. The summed E-state index contributed by atoms with van der Waals surface area (Å²) >= 11 is 6.05. The van der Waals surface area contributed by atoms with Crippen LogP contribution in [0.3, 0.4) is 0 Å². The summed E-state index contributed by atoms with van der Waals surface area (Å²) in [5, 5.41) is 21.1. The first kappa shape index (κ1) is 10.6. The van der Waals surface area contributed by atoms with Gasteiger partial charge in [0.1, 0.15) is 11.6 Å². The summed E-state index contributed by atoms with van der Waals surface area (Å²) in [5.74, 6) is 0.503. The molecule has 0 aromatic carbocycles. The summed E-state index contributed by atoms with van der Waals surface area (Å²) < 4.78 is 1.42. The van der Waals surface area contributed by atoms with Gasteiger partial charge in [0.05, 0.1) is 5.69 Å². The van der Waals surface area contributed by atoms with Crippen LogP contribution < -0.4 is 0 Å². The Kier molecular flexibility index (Phi) is 2.84. The Morgan fingerprint density at radius 2 is 2.38 bits per heavy atom. The van der Waals surface area contributed by atoms with Crippen molar-refractivity contribution in [3.8, 4) is 11.9 Å². The minimum Gasteiger partial charge on any atom is -0.200 e. The first-order valence-corrected chi connectivity index (χ1v) is 5.11. The van der Waals surface area contributed by atoms with Crippen LogP contribution in [-0.4, -0.2) is 20.0 Å². The van der Waals surface area contributed by atoms with Crippen LogP contribution >= 0.6 is 11.6 Å². The lowest BCUT2D eigenvalue weighted by Crippen LogP contribution is -2.00. The van der Waals surface area contributed by atoms with Gasteiger partial charge in [-0.1, -0.05) is 18.5 Å². The topological polar surface area (TPSA) is 67.4 Å². The third-order valence-electron chi connectivity index (χ3n) is 2.12. The molecule has 0 N–H and O–H groups in total. The zero-order chi connectivity index (χ0) is 11.5. The molecule has 5 nitrogen and oxygen atoms in total. The van der Waals surface area contributed by atoms with Crippen LogP contribution in [0.5, 0.6) is 0 Å². The third-order valence-corrected chi connectivity index (χ3v) is 2.47. The molecule has 0 atom stereocenters. The summed E-state index contributed by atoms with van der Waals surface area (Å²) in [6.45, 7) is 1.92. The average Bonchev–Trinajstić information content (AvgIpc) is 2.66. The van der Waals surface area contributed by atoms with Gasteiger partial charge in [0.25, 0.3) is 0 Å². The number of aryl methyl sites for hydroxylation is 1. The van der Waals surface area contributed by atoms with E-state index in [1.807, 2.05) is 13.0 Å². The van der Waals surface area contributed by atoms with Crippen molar-refractivity contribution in [2.24, 2.45) is 0 Å². The molecular formula is C10H8ClN5. The molecule has 0 aliphatic rings. The van der Waals surface area contributed by atoms with E-state index < -0.39 is 0 Å². The van der Waals surface area contributed by atoms with Gasteiger partial charge in [0, 0.05) is 6.20 Å². The molecule has 2 aromatic heterocycles. The highest BCUT2D eigenvalue weighted by molar-refractivity contribution is 6.31. The number of hydrogen-bond acceptors (Lipinski definition) is 4. The van der Waals surface area contributed by atoms with Gasteiger partial charge in [0.2, 0.25) is 0 Å². The van der Waals surface area contributed by atoms with Gasteiger partial charge in [-0.3, -0.25) is 0 Å². The van der Waals surface area contributed by atoms with E-state index in [0.29, 0.717) is 23.5 Å². The van der Waals surface area contributed by atoms with Crippen molar-refractivity contribution in [2.75, 3.05) is 0 Å². The summed E-state index contributed by atoms with van der Waals surface area (Å²) in [4.78, 5) is 0. The maximum absolute atomic E-state index is 8.97. The minimum atomic E-state index is 0.278. The Bertz CT molecular complexity index is 540. The lowest BCUT2D eigenvalue weighted by Gasteiger charge is -1.98. The van der Waals surface area contributed by atoms with Gasteiger partial charge in [-0.25, -0.2) is 4.68 Å². The highest BCUT2D eigenvalue weighted by atomic mass is 35.5. The molecule has 2 aromatic rings. The van der Waals surface area contributed by atoms with Crippen LogP contribution in [0.25, 0.3) is 5.82 Å². The molecule has 0 amide bonds. The molecule has 0 unspecified atom stereocenters. The maximum atomic E-state index is 8.97. The highest BCUT2D eigenvalue weighted by Crippen LogP contribution is 2.22. The number of hydrogen-bond donors (Lipinski definition) is 0. The molecule has 80 valence electrons. The van der Waals surface area contributed by atoms with Crippen molar-refractivity contribution in [1.29, 1.82) is 5.26 Å². The van der Waals surface area contributed by atoms with Gasteiger partial charge in [-0.05, 0) is 18.6 Å². The standard InChI is InChI=1S/C10H8ClN5/c1-2-8-7(6-12)10(11)16(15-8)9-4-3-5-13-14-9/h3-5H,2H2,1H3. The van der Waals surface area contributed by atoms with Crippen molar-refractivity contribution in [2.45, 2.75) is 13.3 Å². The largest absolute Gasteiger partial charge is 0.200 e. The van der Waals surface area contributed by atoms with Gasteiger partial charge < -0.3 is 0 Å². The first-order chi connectivity index (χ1) is 7.77. The number of halogens is 1. The van der Waals surface area contributed by atoms with E-state index >= 15 is 0 Å². The molecule has 0 radical (unpaired) electrons. The third kappa shape index (κ3) is 1.64. The number of aromatic nitrogens is 4. The number of nitrogens with zero attached hydrogens (tertiary/aromatic N) is 5. The molecular weight excluding hydrogens is 226 g/mol. The first-order valence-electron chi connectivity index (χ1n) is 4.73. The Morgan fingerprint density at radius 3 is 2.88 bits per heavy atom. The smallest absolute Gasteiger partial charge is 0.177 e. The fraction of sp³-hybridized carbons (Fsp3) is 0.200. The summed E-state index contributed by atoms with van der Waals surface area (Å²) in [7, 11) is 0. The van der Waals surface area contributed by atoms with Crippen molar-refractivity contribution >= 4 is 11.6 Å². The van der Waals surface area contributed by atoms with E-state index in [2.05, 4.69) is 15.3 Å². The fourth-order valence-electron chi connectivity index (χ4n) is 1.36. The predicted molar refractivity (Wildman–Crippen MR) is 58.3 cm³/mol. The quantitative estimate of drug-likeness (QED) is 0.793. The van der Waals surface area contributed by atoms with E-state index in [4.69, 9.17) is 16.9 Å². The van der Waals surface area contributed by atoms with Crippen molar-refractivity contribution in [3.05, 3.63) is 34.7 Å². The summed E-state index contributed by atoms with van der Waals surface area (Å²) in [6.07, 6.45) is 2.21. The molecule has 0 aliphatic carbocycles. The normalized spacial score (nSPS) is 10.1. The van der Waals surface area contributed by atoms with E-state index in [0.717, 1.165) is 0 Å². The monoisotopic (exact) mass is 233 g/mol. The second-order valence-corrected chi connectivity index (χ2v) is 3.43. The zero-order valence-electron chi connectivity index (χ0n) is 8.55.